The first-order valence-electron chi connectivity index (χ1n) is 4.98. The third kappa shape index (κ3) is 2.95. The Hall–Kier alpha value is -1.58. The lowest BCUT2D eigenvalue weighted by atomic mass is 9.81. The molecular weight excluding hydrogens is 208 g/mol. The Balaban J connectivity index is 5.27. The van der Waals surface area contributed by atoms with Crippen molar-refractivity contribution in [1.29, 1.82) is 0 Å². The van der Waals surface area contributed by atoms with Crippen molar-refractivity contribution in [2.45, 2.75) is 19.8 Å². The monoisotopic (exact) mass is 226 g/mol. The van der Waals surface area contributed by atoms with E-state index in [4.69, 9.17) is 0 Å². The molecule has 0 unspecified atom stereocenters. The Morgan fingerprint density at radius 1 is 1.19 bits per heavy atom. The van der Waals surface area contributed by atoms with E-state index in [0.717, 1.165) is 0 Å². The number of allylic oxidation sites excluding steroid dienone is 3. The Labute approximate surface area is 95.9 Å². The van der Waals surface area contributed by atoms with E-state index >= 15 is 0 Å². The van der Waals surface area contributed by atoms with E-state index in [0.29, 0.717) is 0 Å². The quantitative estimate of drug-likeness (QED) is 0.394. The summed E-state index contributed by atoms with van der Waals surface area (Å²) in [6.07, 6.45) is 5.45. The number of carbonyl (C=O) groups excluding carboxylic acids is 2. The largest absolute Gasteiger partial charge is 0.468 e. The molecule has 0 aromatic rings. The first-order valence-corrected chi connectivity index (χ1v) is 4.98. The second kappa shape index (κ2) is 6.82. The van der Waals surface area contributed by atoms with Gasteiger partial charge in [0.1, 0.15) is 0 Å². The van der Waals surface area contributed by atoms with Crippen LogP contribution in [0.5, 0.6) is 0 Å². The van der Waals surface area contributed by atoms with E-state index < -0.39 is 17.4 Å². The molecule has 90 valence electrons. The van der Waals surface area contributed by atoms with Crippen LogP contribution in [0.4, 0.5) is 0 Å². The number of ether oxygens (including phenoxy) is 2. The minimum Gasteiger partial charge on any atom is -0.468 e. The van der Waals surface area contributed by atoms with Crippen molar-refractivity contribution < 1.29 is 19.1 Å². The SMILES string of the molecule is C=CCC(C/C=C\C)(C(=O)OC)C(=O)OC. The van der Waals surface area contributed by atoms with Gasteiger partial charge < -0.3 is 9.47 Å². The van der Waals surface area contributed by atoms with E-state index in [-0.39, 0.29) is 12.8 Å². The smallest absolute Gasteiger partial charge is 0.323 e. The van der Waals surface area contributed by atoms with Gasteiger partial charge in [-0.25, -0.2) is 0 Å². The summed E-state index contributed by atoms with van der Waals surface area (Å²) in [5, 5.41) is 0. The summed E-state index contributed by atoms with van der Waals surface area (Å²) < 4.78 is 9.33. The van der Waals surface area contributed by atoms with E-state index in [1.807, 2.05) is 6.92 Å². The molecule has 0 N–H and O–H groups in total. The van der Waals surface area contributed by atoms with E-state index in [2.05, 4.69) is 16.1 Å². The average Bonchev–Trinajstić information content (AvgIpc) is 2.32. The molecule has 0 bridgehead atoms. The molecule has 0 aromatic carbocycles. The zero-order chi connectivity index (χ0) is 12.6. The van der Waals surface area contributed by atoms with Crippen LogP contribution >= 0.6 is 0 Å². The van der Waals surface area contributed by atoms with E-state index in [1.54, 1.807) is 12.2 Å². The summed E-state index contributed by atoms with van der Waals surface area (Å²) >= 11 is 0. The zero-order valence-electron chi connectivity index (χ0n) is 9.99. The van der Waals surface area contributed by atoms with Crippen molar-refractivity contribution in [2.24, 2.45) is 5.41 Å². The van der Waals surface area contributed by atoms with Crippen LogP contribution in [0.3, 0.4) is 0 Å². The van der Waals surface area contributed by atoms with Crippen LogP contribution in [0.1, 0.15) is 19.8 Å². The summed E-state index contributed by atoms with van der Waals surface area (Å²) in [7, 11) is 2.50. The van der Waals surface area contributed by atoms with Gasteiger partial charge in [0.15, 0.2) is 5.41 Å². The second-order valence-electron chi connectivity index (χ2n) is 3.33. The molecule has 0 heterocycles. The number of esters is 2. The molecule has 0 atom stereocenters. The fourth-order valence-corrected chi connectivity index (χ4v) is 1.46. The molecule has 4 heteroatoms. The third-order valence-corrected chi connectivity index (χ3v) is 2.35. The lowest BCUT2D eigenvalue weighted by Crippen LogP contribution is -2.40. The lowest BCUT2D eigenvalue weighted by molar-refractivity contribution is -0.168. The summed E-state index contributed by atoms with van der Waals surface area (Å²) in [5.41, 5.74) is -1.31. The van der Waals surface area contributed by atoms with Crippen LogP contribution in [0, 0.1) is 5.41 Å². The highest BCUT2D eigenvalue weighted by Crippen LogP contribution is 2.31. The highest BCUT2D eigenvalue weighted by atomic mass is 16.5. The fourth-order valence-electron chi connectivity index (χ4n) is 1.46. The molecule has 0 aromatic heterocycles. The van der Waals surface area contributed by atoms with E-state index in [1.165, 1.54) is 20.3 Å². The van der Waals surface area contributed by atoms with Gasteiger partial charge in [0.25, 0.3) is 0 Å². The van der Waals surface area contributed by atoms with Gasteiger partial charge in [-0.05, 0) is 19.8 Å². The second-order valence-corrected chi connectivity index (χ2v) is 3.33. The average molecular weight is 226 g/mol. The Kier molecular flexibility index (Phi) is 6.15. The van der Waals surface area contributed by atoms with Gasteiger partial charge in [0.05, 0.1) is 14.2 Å². The topological polar surface area (TPSA) is 52.6 Å². The third-order valence-electron chi connectivity index (χ3n) is 2.35. The van der Waals surface area contributed by atoms with Crippen LogP contribution in [-0.4, -0.2) is 26.2 Å². The Bertz CT molecular complexity index is 275. The van der Waals surface area contributed by atoms with Crippen molar-refractivity contribution in [3.05, 3.63) is 24.8 Å². The number of carbonyl (C=O) groups is 2. The Morgan fingerprint density at radius 2 is 1.69 bits per heavy atom. The molecule has 0 saturated carbocycles. The molecule has 0 rings (SSSR count). The summed E-state index contributed by atoms with van der Waals surface area (Å²) in [4.78, 5) is 23.5. The van der Waals surface area contributed by atoms with Crippen molar-refractivity contribution in [3.63, 3.8) is 0 Å². The van der Waals surface area contributed by atoms with Crippen molar-refractivity contribution in [3.8, 4) is 0 Å². The maximum atomic E-state index is 11.7. The first kappa shape index (κ1) is 14.4. The standard InChI is InChI=1S/C12H18O4/c1-5-7-9-12(8-6-2,10(13)15-3)11(14)16-4/h5-7H,2,8-9H2,1,3-4H3/b7-5-. The molecule has 0 aliphatic heterocycles. The van der Waals surface area contributed by atoms with Gasteiger partial charge in [-0.3, -0.25) is 9.59 Å². The maximum Gasteiger partial charge on any atom is 0.323 e. The normalized spacial score (nSPS) is 11.2. The summed E-state index contributed by atoms with van der Waals surface area (Å²) in [6.45, 7) is 5.36. The minimum absolute atomic E-state index is 0.191. The maximum absolute atomic E-state index is 11.7. The van der Waals surface area contributed by atoms with Gasteiger partial charge in [-0.1, -0.05) is 18.2 Å². The highest BCUT2D eigenvalue weighted by Gasteiger charge is 2.46. The van der Waals surface area contributed by atoms with Gasteiger partial charge in [-0.2, -0.15) is 0 Å². The van der Waals surface area contributed by atoms with Gasteiger partial charge in [0.2, 0.25) is 0 Å². The first-order chi connectivity index (χ1) is 7.58. The number of hydrogen-bond acceptors (Lipinski definition) is 4. The molecule has 0 saturated heterocycles. The van der Waals surface area contributed by atoms with Crippen LogP contribution in [0.15, 0.2) is 24.8 Å². The predicted octanol–water partition coefficient (Wildman–Crippen LogP) is 1.86. The molecule has 0 radical (unpaired) electrons. The highest BCUT2D eigenvalue weighted by molar-refractivity contribution is 6.00. The van der Waals surface area contributed by atoms with Crippen LogP contribution in [0.2, 0.25) is 0 Å². The van der Waals surface area contributed by atoms with Crippen LogP contribution in [-0.2, 0) is 19.1 Å². The molecule has 4 nitrogen and oxygen atoms in total. The van der Waals surface area contributed by atoms with Crippen LogP contribution < -0.4 is 0 Å². The molecule has 0 fully saturated rings. The molecule has 16 heavy (non-hydrogen) atoms. The van der Waals surface area contributed by atoms with Crippen molar-refractivity contribution in [2.75, 3.05) is 14.2 Å². The van der Waals surface area contributed by atoms with Gasteiger partial charge >= 0.3 is 11.9 Å². The van der Waals surface area contributed by atoms with Gasteiger partial charge in [-0.15, -0.1) is 6.58 Å². The van der Waals surface area contributed by atoms with Crippen LogP contribution in [0.25, 0.3) is 0 Å². The van der Waals surface area contributed by atoms with Gasteiger partial charge in [0, 0.05) is 0 Å². The van der Waals surface area contributed by atoms with E-state index in [9.17, 15) is 9.59 Å². The van der Waals surface area contributed by atoms with Crippen molar-refractivity contribution in [1.82, 2.24) is 0 Å². The summed E-state index contributed by atoms with van der Waals surface area (Å²) in [5.74, 6) is -1.20. The predicted molar refractivity (Wildman–Crippen MR) is 60.7 cm³/mol. The van der Waals surface area contributed by atoms with Crippen molar-refractivity contribution >= 4 is 11.9 Å². The molecular formula is C12H18O4. The molecule has 0 aliphatic carbocycles. The number of methoxy groups -OCH3 is 2. The zero-order valence-corrected chi connectivity index (χ0v) is 9.99. The lowest BCUT2D eigenvalue weighted by Gasteiger charge is -2.25. The Morgan fingerprint density at radius 3 is 2.00 bits per heavy atom. The fraction of sp³-hybridized carbons (Fsp3) is 0.500. The number of hydrogen-bond donors (Lipinski definition) is 0. The molecule has 0 aliphatic rings. The molecule has 0 spiro atoms. The number of rotatable bonds is 6. The minimum atomic E-state index is -1.31. The summed E-state index contributed by atoms with van der Waals surface area (Å²) in [6, 6.07) is 0. The molecule has 0 amide bonds.